The van der Waals surface area contributed by atoms with Crippen molar-refractivity contribution >= 4 is 11.6 Å². The second-order valence-corrected chi connectivity index (χ2v) is 5.03. The Morgan fingerprint density at radius 1 is 1.39 bits per heavy atom. The van der Waals surface area contributed by atoms with E-state index in [1.807, 2.05) is 27.9 Å². The van der Waals surface area contributed by atoms with Gasteiger partial charge in [-0.2, -0.15) is 0 Å². The fourth-order valence-corrected chi connectivity index (χ4v) is 1.74. The van der Waals surface area contributed by atoms with E-state index in [-0.39, 0.29) is 0 Å². The quantitative estimate of drug-likeness (QED) is 0.632. The topological polar surface area (TPSA) is 53.6 Å². The maximum absolute atomic E-state index is 5.80. The van der Waals surface area contributed by atoms with E-state index in [0.29, 0.717) is 18.5 Å². The molecule has 0 aliphatic heterocycles. The fraction of sp³-hybridized carbons (Fsp3) is 0.500. The highest BCUT2D eigenvalue weighted by Crippen LogP contribution is 2.20. The average molecular weight is 248 g/mol. The van der Waals surface area contributed by atoms with Crippen LogP contribution >= 0.6 is 0 Å². The third kappa shape index (κ3) is 4.28. The second kappa shape index (κ2) is 6.28. The molecule has 1 rings (SSSR count). The third-order valence-electron chi connectivity index (χ3n) is 2.58. The standard InChI is InChI=1S/C14H24N4/c1-10(2)17-14(15)16-9-12-7-6-11(3)8-13(12)18(4)5/h6-8,10H,9H2,1-5H3,(H3,15,16,17). The molecule has 4 heteroatoms. The highest BCUT2D eigenvalue weighted by molar-refractivity contribution is 5.78. The van der Waals surface area contributed by atoms with E-state index >= 15 is 0 Å². The largest absolute Gasteiger partial charge is 0.377 e. The molecule has 0 aromatic heterocycles. The Labute approximate surface area is 110 Å². The Hall–Kier alpha value is -1.71. The number of hydrogen-bond acceptors (Lipinski definition) is 2. The summed E-state index contributed by atoms with van der Waals surface area (Å²) >= 11 is 0. The summed E-state index contributed by atoms with van der Waals surface area (Å²) < 4.78 is 0. The number of nitrogens with one attached hydrogen (secondary N) is 1. The molecule has 1 aromatic carbocycles. The maximum Gasteiger partial charge on any atom is 0.189 e. The first kappa shape index (κ1) is 14.4. The summed E-state index contributed by atoms with van der Waals surface area (Å²) in [4.78, 5) is 6.47. The molecule has 0 atom stereocenters. The van der Waals surface area contributed by atoms with Crippen molar-refractivity contribution in [2.24, 2.45) is 10.7 Å². The number of anilines is 1. The van der Waals surface area contributed by atoms with Gasteiger partial charge >= 0.3 is 0 Å². The van der Waals surface area contributed by atoms with Gasteiger partial charge in [-0.3, -0.25) is 0 Å². The van der Waals surface area contributed by atoms with Crippen LogP contribution in [0.5, 0.6) is 0 Å². The molecule has 100 valence electrons. The highest BCUT2D eigenvalue weighted by Gasteiger charge is 2.04. The molecule has 0 aliphatic carbocycles. The lowest BCUT2D eigenvalue weighted by molar-refractivity contribution is 0.723. The van der Waals surface area contributed by atoms with Crippen LogP contribution in [-0.2, 0) is 6.54 Å². The number of aryl methyl sites for hydroxylation is 1. The van der Waals surface area contributed by atoms with Gasteiger partial charge in [-0.15, -0.1) is 0 Å². The first-order valence-corrected chi connectivity index (χ1v) is 6.23. The van der Waals surface area contributed by atoms with Gasteiger partial charge in [-0.1, -0.05) is 12.1 Å². The lowest BCUT2D eigenvalue weighted by Crippen LogP contribution is -2.36. The van der Waals surface area contributed by atoms with E-state index in [0.717, 1.165) is 0 Å². The van der Waals surface area contributed by atoms with Gasteiger partial charge in [0.25, 0.3) is 0 Å². The summed E-state index contributed by atoms with van der Waals surface area (Å²) in [6, 6.07) is 6.68. The van der Waals surface area contributed by atoms with E-state index in [2.05, 4.69) is 40.3 Å². The summed E-state index contributed by atoms with van der Waals surface area (Å²) in [7, 11) is 4.08. The minimum atomic E-state index is 0.306. The minimum Gasteiger partial charge on any atom is -0.377 e. The van der Waals surface area contributed by atoms with E-state index in [1.165, 1.54) is 16.8 Å². The molecule has 0 spiro atoms. The number of nitrogens with zero attached hydrogens (tertiary/aromatic N) is 2. The van der Waals surface area contributed by atoms with Crippen LogP contribution in [0.2, 0.25) is 0 Å². The molecule has 0 heterocycles. The van der Waals surface area contributed by atoms with Crippen molar-refractivity contribution in [1.82, 2.24) is 5.32 Å². The molecule has 0 bridgehead atoms. The Morgan fingerprint density at radius 3 is 2.61 bits per heavy atom. The molecule has 0 saturated heterocycles. The zero-order chi connectivity index (χ0) is 13.7. The molecule has 18 heavy (non-hydrogen) atoms. The number of benzene rings is 1. The molecule has 0 aliphatic rings. The van der Waals surface area contributed by atoms with Crippen LogP contribution in [0.25, 0.3) is 0 Å². The number of aliphatic imine (C=N–C) groups is 1. The molecule has 0 radical (unpaired) electrons. The van der Waals surface area contributed by atoms with Crippen molar-refractivity contribution in [2.75, 3.05) is 19.0 Å². The van der Waals surface area contributed by atoms with Gasteiger partial charge in [0.15, 0.2) is 5.96 Å². The summed E-state index contributed by atoms with van der Waals surface area (Å²) in [5.74, 6) is 0.496. The van der Waals surface area contributed by atoms with Crippen LogP contribution in [0.15, 0.2) is 23.2 Å². The van der Waals surface area contributed by atoms with Crippen LogP contribution in [-0.4, -0.2) is 26.1 Å². The summed E-state index contributed by atoms with van der Waals surface area (Å²) in [6.45, 7) is 6.77. The van der Waals surface area contributed by atoms with Gasteiger partial charge in [0, 0.05) is 25.8 Å². The molecule has 0 saturated carbocycles. The van der Waals surface area contributed by atoms with Crippen molar-refractivity contribution in [3.05, 3.63) is 29.3 Å². The normalized spacial score (nSPS) is 11.8. The lowest BCUT2D eigenvalue weighted by Gasteiger charge is -2.17. The molecule has 4 nitrogen and oxygen atoms in total. The van der Waals surface area contributed by atoms with Gasteiger partial charge in [0.2, 0.25) is 0 Å². The molecule has 0 fully saturated rings. The predicted molar refractivity (Wildman–Crippen MR) is 79.1 cm³/mol. The summed E-state index contributed by atoms with van der Waals surface area (Å²) in [6.07, 6.45) is 0. The van der Waals surface area contributed by atoms with Crippen molar-refractivity contribution in [3.8, 4) is 0 Å². The molecular weight excluding hydrogens is 224 g/mol. The molecule has 1 aromatic rings. The van der Waals surface area contributed by atoms with E-state index in [4.69, 9.17) is 5.73 Å². The molecule has 3 N–H and O–H groups in total. The number of guanidine groups is 1. The first-order valence-electron chi connectivity index (χ1n) is 6.23. The third-order valence-corrected chi connectivity index (χ3v) is 2.58. The Balaban J connectivity index is 2.84. The predicted octanol–water partition coefficient (Wildman–Crippen LogP) is 1.87. The molecule has 0 amide bonds. The number of rotatable bonds is 4. The molecular formula is C14H24N4. The van der Waals surface area contributed by atoms with Crippen molar-refractivity contribution in [1.29, 1.82) is 0 Å². The Bertz CT molecular complexity index is 422. The van der Waals surface area contributed by atoms with Crippen molar-refractivity contribution in [3.63, 3.8) is 0 Å². The van der Waals surface area contributed by atoms with E-state index in [9.17, 15) is 0 Å². The van der Waals surface area contributed by atoms with Gasteiger partial charge in [0.1, 0.15) is 0 Å². The smallest absolute Gasteiger partial charge is 0.189 e. The lowest BCUT2D eigenvalue weighted by atomic mass is 10.1. The average Bonchev–Trinajstić information content (AvgIpc) is 2.26. The maximum atomic E-state index is 5.80. The minimum absolute atomic E-state index is 0.306. The van der Waals surface area contributed by atoms with Crippen molar-refractivity contribution < 1.29 is 0 Å². The first-order chi connectivity index (χ1) is 8.40. The van der Waals surface area contributed by atoms with Crippen LogP contribution in [0.3, 0.4) is 0 Å². The van der Waals surface area contributed by atoms with Gasteiger partial charge in [-0.05, 0) is 38.0 Å². The Kier molecular flexibility index (Phi) is 5.01. The SMILES string of the molecule is Cc1ccc(CN=C(N)NC(C)C)c(N(C)C)c1. The van der Waals surface area contributed by atoms with Crippen LogP contribution < -0.4 is 16.0 Å². The number of hydrogen-bond donors (Lipinski definition) is 2. The second-order valence-electron chi connectivity index (χ2n) is 5.03. The number of nitrogens with two attached hydrogens (primary N) is 1. The molecule has 0 unspecified atom stereocenters. The van der Waals surface area contributed by atoms with E-state index in [1.54, 1.807) is 0 Å². The summed E-state index contributed by atoms with van der Waals surface area (Å²) in [5.41, 5.74) is 9.42. The van der Waals surface area contributed by atoms with Gasteiger partial charge < -0.3 is 16.0 Å². The van der Waals surface area contributed by atoms with Crippen LogP contribution in [0.4, 0.5) is 5.69 Å². The fourth-order valence-electron chi connectivity index (χ4n) is 1.74. The summed E-state index contributed by atoms with van der Waals surface area (Å²) in [5, 5.41) is 3.09. The van der Waals surface area contributed by atoms with Gasteiger partial charge in [-0.25, -0.2) is 4.99 Å². The van der Waals surface area contributed by atoms with Gasteiger partial charge in [0.05, 0.1) is 6.54 Å². The monoisotopic (exact) mass is 248 g/mol. The van der Waals surface area contributed by atoms with Crippen molar-refractivity contribution in [2.45, 2.75) is 33.4 Å². The van der Waals surface area contributed by atoms with E-state index < -0.39 is 0 Å². The highest BCUT2D eigenvalue weighted by atomic mass is 15.1. The zero-order valence-corrected chi connectivity index (χ0v) is 12.0. The van der Waals surface area contributed by atoms with Crippen LogP contribution in [0.1, 0.15) is 25.0 Å². The zero-order valence-electron chi connectivity index (χ0n) is 12.0. The Morgan fingerprint density at radius 2 is 2.06 bits per heavy atom. The van der Waals surface area contributed by atoms with Crippen LogP contribution in [0, 0.1) is 6.92 Å².